The molecule has 0 bridgehead atoms. The van der Waals surface area contributed by atoms with Crippen molar-refractivity contribution in [2.45, 2.75) is 13.8 Å². The predicted octanol–water partition coefficient (Wildman–Crippen LogP) is 5.36. The third kappa shape index (κ3) is 6.33. The molecular weight excluding hydrogens is 451 g/mol. The quantitative estimate of drug-likeness (QED) is 0.218. The molecule has 0 aliphatic heterocycles. The molecule has 0 radical (unpaired) electrons. The number of nitrogens with one attached hydrogen (secondary N) is 1. The van der Waals surface area contributed by atoms with Crippen LogP contribution in [0.1, 0.15) is 27.0 Å². The summed E-state index contributed by atoms with van der Waals surface area (Å²) in [7, 11) is 0. The largest absolute Gasteiger partial charge is 0.483 e. The molecule has 0 saturated carbocycles. The summed E-state index contributed by atoms with van der Waals surface area (Å²) in [5, 5.41) is 4.56. The van der Waals surface area contributed by atoms with Gasteiger partial charge >= 0.3 is 5.97 Å². The molecular formula is C24H20Cl2N2O4. The van der Waals surface area contributed by atoms with Crippen molar-refractivity contribution < 1.29 is 19.1 Å². The number of rotatable bonds is 7. The minimum absolute atomic E-state index is 0.148. The summed E-state index contributed by atoms with van der Waals surface area (Å²) >= 11 is 11.9. The van der Waals surface area contributed by atoms with Crippen LogP contribution >= 0.6 is 23.2 Å². The first-order valence-electron chi connectivity index (χ1n) is 9.61. The Bertz CT molecular complexity index is 1140. The molecule has 164 valence electrons. The Hall–Kier alpha value is -3.35. The van der Waals surface area contributed by atoms with E-state index >= 15 is 0 Å². The Morgan fingerprint density at radius 1 is 1.00 bits per heavy atom. The van der Waals surface area contributed by atoms with E-state index in [2.05, 4.69) is 10.5 Å². The first-order chi connectivity index (χ1) is 15.3. The van der Waals surface area contributed by atoms with Gasteiger partial charge in [-0.2, -0.15) is 5.10 Å². The normalized spacial score (nSPS) is 10.8. The van der Waals surface area contributed by atoms with Gasteiger partial charge in [0.05, 0.1) is 16.8 Å². The zero-order valence-electron chi connectivity index (χ0n) is 17.4. The van der Waals surface area contributed by atoms with Gasteiger partial charge in [0, 0.05) is 5.02 Å². The van der Waals surface area contributed by atoms with Crippen LogP contribution in [-0.2, 0) is 4.79 Å². The highest BCUT2D eigenvalue weighted by Crippen LogP contribution is 2.23. The van der Waals surface area contributed by atoms with Gasteiger partial charge < -0.3 is 9.47 Å². The topological polar surface area (TPSA) is 77.0 Å². The van der Waals surface area contributed by atoms with Gasteiger partial charge in [-0.25, -0.2) is 10.2 Å². The number of ether oxygens (including phenoxy) is 2. The lowest BCUT2D eigenvalue weighted by Gasteiger charge is -2.10. The predicted molar refractivity (Wildman–Crippen MR) is 125 cm³/mol. The van der Waals surface area contributed by atoms with Crippen LogP contribution in [0, 0.1) is 13.8 Å². The molecule has 0 fully saturated rings. The molecule has 0 aromatic heterocycles. The molecule has 0 aliphatic carbocycles. The molecule has 0 saturated heterocycles. The van der Waals surface area contributed by atoms with E-state index in [1.54, 1.807) is 30.3 Å². The van der Waals surface area contributed by atoms with E-state index in [0.717, 1.165) is 11.1 Å². The maximum Gasteiger partial charge on any atom is 0.345 e. The van der Waals surface area contributed by atoms with Gasteiger partial charge in [-0.15, -0.1) is 0 Å². The summed E-state index contributed by atoms with van der Waals surface area (Å²) in [5.74, 6) is 0.0550. The summed E-state index contributed by atoms with van der Waals surface area (Å²) in [4.78, 5) is 24.2. The fraction of sp³-hybridized carbons (Fsp3) is 0.125. The number of hydrazone groups is 1. The fourth-order valence-corrected chi connectivity index (χ4v) is 3.30. The molecule has 0 heterocycles. The van der Waals surface area contributed by atoms with Crippen molar-refractivity contribution in [2.24, 2.45) is 5.10 Å². The average Bonchev–Trinajstić information content (AvgIpc) is 2.74. The van der Waals surface area contributed by atoms with Crippen molar-refractivity contribution >= 4 is 41.3 Å². The van der Waals surface area contributed by atoms with Crippen LogP contribution in [0.15, 0.2) is 65.8 Å². The molecule has 0 spiro atoms. The molecule has 8 heteroatoms. The second kappa shape index (κ2) is 10.8. The van der Waals surface area contributed by atoms with E-state index in [0.29, 0.717) is 22.1 Å². The van der Waals surface area contributed by atoms with Gasteiger partial charge in [0.25, 0.3) is 5.91 Å². The second-order valence-electron chi connectivity index (χ2n) is 6.89. The molecule has 1 amide bonds. The molecule has 3 aromatic carbocycles. The van der Waals surface area contributed by atoms with Crippen LogP contribution in [-0.4, -0.2) is 24.7 Å². The Balaban J connectivity index is 1.50. The van der Waals surface area contributed by atoms with Gasteiger partial charge in [-0.1, -0.05) is 41.4 Å². The first kappa shape index (κ1) is 23.3. The van der Waals surface area contributed by atoms with E-state index in [1.807, 2.05) is 32.0 Å². The summed E-state index contributed by atoms with van der Waals surface area (Å²) in [6.07, 6.45) is 1.47. The molecule has 3 rings (SSSR count). The SMILES string of the molecule is Cc1cccc(C)c1OCC(=O)NN=Cc1ccc(OC(=O)c2ccc(Cl)cc2Cl)cc1. The second-order valence-corrected chi connectivity index (χ2v) is 7.73. The first-order valence-corrected chi connectivity index (χ1v) is 10.4. The molecule has 32 heavy (non-hydrogen) atoms. The Morgan fingerprint density at radius 2 is 1.69 bits per heavy atom. The highest BCUT2D eigenvalue weighted by molar-refractivity contribution is 6.36. The third-order valence-corrected chi connectivity index (χ3v) is 4.95. The molecule has 0 unspecified atom stereocenters. The molecule has 6 nitrogen and oxygen atoms in total. The highest BCUT2D eigenvalue weighted by atomic mass is 35.5. The maximum atomic E-state index is 12.2. The number of hydrogen-bond acceptors (Lipinski definition) is 5. The van der Waals surface area contributed by atoms with Gasteiger partial charge in [0.2, 0.25) is 0 Å². The number of aryl methyl sites for hydroxylation is 2. The van der Waals surface area contributed by atoms with Crippen LogP contribution in [0.3, 0.4) is 0 Å². The minimum Gasteiger partial charge on any atom is -0.483 e. The number of amides is 1. The Kier molecular flexibility index (Phi) is 7.87. The lowest BCUT2D eigenvalue weighted by atomic mass is 10.1. The van der Waals surface area contributed by atoms with Crippen molar-refractivity contribution in [2.75, 3.05) is 6.61 Å². The van der Waals surface area contributed by atoms with Crippen molar-refractivity contribution in [1.29, 1.82) is 0 Å². The smallest absolute Gasteiger partial charge is 0.345 e. The number of halogens is 2. The maximum absolute atomic E-state index is 12.2. The van der Waals surface area contributed by atoms with Crippen molar-refractivity contribution in [3.63, 3.8) is 0 Å². The van der Waals surface area contributed by atoms with Crippen LogP contribution < -0.4 is 14.9 Å². The number of esters is 1. The van der Waals surface area contributed by atoms with E-state index in [9.17, 15) is 9.59 Å². The van der Waals surface area contributed by atoms with Crippen molar-refractivity contribution in [3.8, 4) is 11.5 Å². The van der Waals surface area contributed by atoms with Gasteiger partial charge in [-0.3, -0.25) is 4.79 Å². The van der Waals surface area contributed by atoms with Crippen LogP contribution in [0.4, 0.5) is 0 Å². The lowest BCUT2D eigenvalue weighted by Crippen LogP contribution is -2.25. The minimum atomic E-state index is -0.593. The number of benzene rings is 3. The summed E-state index contributed by atoms with van der Waals surface area (Å²) in [6.45, 7) is 3.69. The van der Waals surface area contributed by atoms with E-state index < -0.39 is 5.97 Å². The summed E-state index contributed by atoms with van der Waals surface area (Å²) in [6, 6.07) is 16.9. The average molecular weight is 471 g/mol. The third-order valence-electron chi connectivity index (χ3n) is 4.40. The lowest BCUT2D eigenvalue weighted by molar-refractivity contribution is -0.123. The van der Waals surface area contributed by atoms with Crippen LogP contribution in [0.2, 0.25) is 10.0 Å². The number of carbonyl (C=O) groups excluding carboxylic acids is 2. The number of hydrogen-bond donors (Lipinski definition) is 1. The van der Waals surface area contributed by atoms with Crippen molar-refractivity contribution in [1.82, 2.24) is 5.43 Å². The van der Waals surface area contributed by atoms with Crippen LogP contribution in [0.25, 0.3) is 0 Å². The zero-order valence-corrected chi connectivity index (χ0v) is 18.9. The van der Waals surface area contributed by atoms with Gasteiger partial charge in [0.1, 0.15) is 11.5 Å². The Morgan fingerprint density at radius 3 is 2.34 bits per heavy atom. The Labute approximate surface area is 195 Å². The van der Waals surface area contributed by atoms with Crippen LogP contribution in [0.5, 0.6) is 11.5 Å². The summed E-state index contributed by atoms with van der Waals surface area (Å²) < 4.78 is 10.9. The monoisotopic (exact) mass is 470 g/mol. The molecule has 0 aliphatic rings. The molecule has 0 atom stereocenters. The van der Waals surface area contributed by atoms with E-state index in [4.69, 9.17) is 32.7 Å². The van der Waals surface area contributed by atoms with E-state index in [-0.39, 0.29) is 23.1 Å². The summed E-state index contributed by atoms with van der Waals surface area (Å²) in [5.41, 5.74) is 5.25. The van der Waals surface area contributed by atoms with Gasteiger partial charge in [0.15, 0.2) is 6.61 Å². The van der Waals surface area contributed by atoms with Gasteiger partial charge in [-0.05, 0) is 73.0 Å². The number of para-hydroxylation sites is 1. The number of nitrogens with zero attached hydrogens (tertiary/aromatic N) is 1. The molecule has 3 aromatic rings. The standard InChI is InChI=1S/C24H20Cl2N2O4/c1-15-4-3-5-16(2)23(15)31-14-22(29)28-27-13-17-6-9-19(10-7-17)32-24(30)20-11-8-18(25)12-21(20)26/h3-13H,14H2,1-2H3,(H,28,29). The molecule has 1 N–H and O–H groups in total. The number of carbonyl (C=O) groups is 2. The fourth-order valence-electron chi connectivity index (χ4n) is 2.81. The highest BCUT2D eigenvalue weighted by Gasteiger charge is 2.13. The van der Waals surface area contributed by atoms with Crippen molar-refractivity contribution in [3.05, 3.63) is 93.0 Å². The zero-order chi connectivity index (χ0) is 23.1. The van der Waals surface area contributed by atoms with E-state index in [1.165, 1.54) is 18.3 Å².